The van der Waals surface area contributed by atoms with Crippen molar-refractivity contribution in [2.24, 2.45) is 0 Å². The molecule has 0 bridgehead atoms. The first kappa shape index (κ1) is 16.0. The summed E-state index contributed by atoms with van der Waals surface area (Å²) in [4.78, 5) is 11.9. The summed E-state index contributed by atoms with van der Waals surface area (Å²) in [5.41, 5.74) is 1.51. The highest BCUT2D eigenvalue weighted by Crippen LogP contribution is 2.21. The Balaban J connectivity index is 0.00000180. The molecule has 0 aliphatic carbocycles. The van der Waals surface area contributed by atoms with E-state index in [0.717, 1.165) is 24.0 Å². The highest BCUT2D eigenvalue weighted by molar-refractivity contribution is 9.10. The number of carbonyl (C=O) groups is 1. The number of hydrogen-bond acceptors (Lipinski definition) is 3. The molecule has 1 aliphatic rings. The Hall–Kier alpha value is -1.04. The van der Waals surface area contributed by atoms with Crippen molar-refractivity contribution in [3.05, 3.63) is 39.9 Å². The largest absolute Gasteiger partial charge is 0.507 e. The topological polar surface area (TPSA) is 61.4 Å². The quantitative estimate of drug-likeness (QED) is 0.735. The van der Waals surface area contributed by atoms with Gasteiger partial charge in [0.1, 0.15) is 5.75 Å². The zero-order valence-corrected chi connectivity index (χ0v) is 12.7. The second-order valence-electron chi connectivity index (χ2n) is 4.16. The fraction of sp³-hybridized carbons (Fsp3) is 0.308. The van der Waals surface area contributed by atoms with Gasteiger partial charge in [-0.25, -0.2) is 0 Å². The molecule has 2 rings (SSSR count). The van der Waals surface area contributed by atoms with Crippen LogP contribution in [0.1, 0.15) is 16.8 Å². The number of aromatic hydroxyl groups is 1. The predicted molar refractivity (Wildman–Crippen MR) is 81.0 cm³/mol. The number of amides is 1. The summed E-state index contributed by atoms with van der Waals surface area (Å²) in [6.45, 7) is 2.34. The Morgan fingerprint density at radius 1 is 1.47 bits per heavy atom. The van der Waals surface area contributed by atoms with Crippen LogP contribution in [-0.4, -0.2) is 30.6 Å². The molecule has 6 heteroatoms. The molecule has 4 nitrogen and oxygen atoms in total. The third-order valence-corrected chi connectivity index (χ3v) is 3.33. The lowest BCUT2D eigenvalue weighted by molar-refractivity contribution is 0.0954. The van der Waals surface area contributed by atoms with Gasteiger partial charge in [0, 0.05) is 17.6 Å². The molecule has 1 amide bonds. The van der Waals surface area contributed by atoms with Crippen LogP contribution in [0, 0.1) is 0 Å². The molecule has 0 spiro atoms. The van der Waals surface area contributed by atoms with Crippen molar-refractivity contribution in [3.63, 3.8) is 0 Å². The minimum absolute atomic E-state index is 0. The van der Waals surface area contributed by atoms with E-state index in [1.165, 1.54) is 11.6 Å². The van der Waals surface area contributed by atoms with Crippen LogP contribution in [-0.2, 0) is 0 Å². The minimum Gasteiger partial charge on any atom is -0.507 e. The second-order valence-corrected chi connectivity index (χ2v) is 5.08. The molecule has 0 aromatic heterocycles. The second kappa shape index (κ2) is 7.53. The van der Waals surface area contributed by atoms with Crippen molar-refractivity contribution in [2.75, 3.05) is 19.6 Å². The van der Waals surface area contributed by atoms with Crippen molar-refractivity contribution in [1.82, 2.24) is 10.6 Å². The molecule has 0 saturated carbocycles. The van der Waals surface area contributed by atoms with Crippen LogP contribution in [0.4, 0.5) is 0 Å². The van der Waals surface area contributed by atoms with E-state index >= 15 is 0 Å². The molecule has 1 heterocycles. The first-order valence-electron chi connectivity index (χ1n) is 5.82. The van der Waals surface area contributed by atoms with Gasteiger partial charge >= 0.3 is 0 Å². The Bertz CT molecular complexity index is 492. The van der Waals surface area contributed by atoms with Crippen LogP contribution in [0.5, 0.6) is 5.75 Å². The molecule has 104 valence electrons. The fourth-order valence-electron chi connectivity index (χ4n) is 1.81. The van der Waals surface area contributed by atoms with Gasteiger partial charge in [-0.15, -0.1) is 12.4 Å². The number of carbonyl (C=O) groups excluding carboxylic acids is 1. The van der Waals surface area contributed by atoms with E-state index in [4.69, 9.17) is 0 Å². The standard InChI is InChI=1S/C13H15BrN2O2.ClH/c14-10-1-2-12(17)11(7-10)13(18)16-8-9-3-5-15-6-4-9;/h1-3,7,15,17H,4-6,8H2,(H,16,18);1H. The van der Waals surface area contributed by atoms with Crippen molar-refractivity contribution in [1.29, 1.82) is 0 Å². The van der Waals surface area contributed by atoms with Crippen LogP contribution >= 0.6 is 28.3 Å². The summed E-state index contributed by atoms with van der Waals surface area (Å²) in [6.07, 6.45) is 3.04. The zero-order valence-electron chi connectivity index (χ0n) is 10.3. The van der Waals surface area contributed by atoms with E-state index in [1.54, 1.807) is 12.1 Å². The zero-order chi connectivity index (χ0) is 13.0. The predicted octanol–water partition coefficient (Wildman–Crippen LogP) is 2.23. The summed E-state index contributed by atoms with van der Waals surface area (Å²) in [5.74, 6) is -0.261. The highest BCUT2D eigenvalue weighted by Gasteiger charge is 2.12. The molecular weight excluding hydrogens is 332 g/mol. The molecule has 0 saturated heterocycles. The molecule has 0 fully saturated rings. The van der Waals surface area contributed by atoms with E-state index in [0.29, 0.717) is 12.1 Å². The molecule has 3 N–H and O–H groups in total. The van der Waals surface area contributed by atoms with Crippen molar-refractivity contribution in [2.45, 2.75) is 6.42 Å². The lowest BCUT2D eigenvalue weighted by Crippen LogP contribution is -2.29. The summed E-state index contributed by atoms with van der Waals surface area (Å²) in [6, 6.07) is 4.81. The molecule has 0 radical (unpaired) electrons. The van der Waals surface area contributed by atoms with Gasteiger partial charge in [0.15, 0.2) is 0 Å². The third-order valence-electron chi connectivity index (χ3n) is 2.84. The highest BCUT2D eigenvalue weighted by atomic mass is 79.9. The SMILES string of the molecule is Cl.O=C(NCC1=CCNCC1)c1cc(Br)ccc1O. The molecule has 19 heavy (non-hydrogen) atoms. The molecule has 1 aliphatic heterocycles. The van der Waals surface area contributed by atoms with Crippen LogP contribution < -0.4 is 10.6 Å². The van der Waals surface area contributed by atoms with Crippen molar-refractivity contribution >= 4 is 34.2 Å². The van der Waals surface area contributed by atoms with E-state index < -0.39 is 0 Å². The van der Waals surface area contributed by atoms with E-state index in [9.17, 15) is 9.90 Å². The number of phenolic OH excluding ortho intramolecular Hbond substituents is 1. The van der Waals surface area contributed by atoms with Crippen LogP contribution in [0.15, 0.2) is 34.3 Å². The summed E-state index contributed by atoms with van der Waals surface area (Å²) < 4.78 is 0.770. The fourth-order valence-corrected chi connectivity index (χ4v) is 2.17. The van der Waals surface area contributed by atoms with Gasteiger partial charge in [-0.2, -0.15) is 0 Å². The number of halogens is 2. The van der Waals surface area contributed by atoms with Gasteiger partial charge < -0.3 is 15.7 Å². The lowest BCUT2D eigenvalue weighted by atomic mass is 10.1. The van der Waals surface area contributed by atoms with Gasteiger partial charge in [0.25, 0.3) is 5.91 Å². The van der Waals surface area contributed by atoms with Crippen LogP contribution in [0.2, 0.25) is 0 Å². The summed E-state index contributed by atoms with van der Waals surface area (Å²) in [7, 11) is 0. The first-order valence-corrected chi connectivity index (χ1v) is 6.61. The van der Waals surface area contributed by atoms with Crippen molar-refractivity contribution < 1.29 is 9.90 Å². The molecule has 1 aromatic carbocycles. The van der Waals surface area contributed by atoms with E-state index in [2.05, 4.69) is 32.6 Å². The third kappa shape index (κ3) is 4.53. The maximum absolute atomic E-state index is 11.9. The van der Waals surface area contributed by atoms with Gasteiger partial charge in [0.2, 0.25) is 0 Å². The van der Waals surface area contributed by atoms with E-state index in [-0.39, 0.29) is 24.1 Å². The average molecular weight is 348 g/mol. The molecular formula is C13H16BrClN2O2. The Morgan fingerprint density at radius 3 is 2.95 bits per heavy atom. The van der Waals surface area contributed by atoms with Gasteiger partial charge in [0.05, 0.1) is 5.56 Å². The first-order chi connectivity index (χ1) is 8.66. The molecule has 0 unspecified atom stereocenters. The van der Waals surface area contributed by atoms with Crippen LogP contribution in [0.3, 0.4) is 0 Å². The maximum atomic E-state index is 11.9. The average Bonchev–Trinajstić information content (AvgIpc) is 2.40. The summed E-state index contributed by atoms with van der Waals surface area (Å²) in [5, 5.41) is 15.7. The molecule has 0 atom stereocenters. The van der Waals surface area contributed by atoms with E-state index in [1.807, 2.05) is 0 Å². The number of benzene rings is 1. The summed E-state index contributed by atoms with van der Waals surface area (Å²) >= 11 is 3.28. The molecule has 1 aromatic rings. The Morgan fingerprint density at radius 2 is 2.26 bits per heavy atom. The number of phenols is 1. The smallest absolute Gasteiger partial charge is 0.255 e. The maximum Gasteiger partial charge on any atom is 0.255 e. The van der Waals surface area contributed by atoms with Gasteiger partial charge in [-0.05, 0) is 31.2 Å². The Labute approximate surface area is 126 Å². The monoisotopic (exact) mass is 346 g/mol. The number of hydrogen-bond donors (Lipinski definition) is 3. The number of nitrogens with one attached hydrogen (secondary N) is 2. The Kier molecular flexibility index (Phi) is 6.34. The minimum atomic E-state index is -0.256. The lowest BCUT2D eigenvalue weighted by Gasteiger charge is -2.14. The number of rotatable bonds is 3. The van der Waals surface area contributed by atoms with Crippen LogP contribution in [0.25, 0.3) is 0 Å². The van der Waals surface area contributed by atoms with Crippen molar-refractivity contribution in [3.8, 4) is 5.75 Å². The normalized spacial score (nSPS) is 14.3. The van der Waals surface area contributed by atoms with Gasteiger partial charge in [-0.3, -0.25) is 4.79 Å². The van der Waals surface area contributed by atoms with Gasteiger partial charge in [-0.1, -0.05) is 27.6 Å².